The number of pyridine rings is 1. The molecule has 2 aromatic heterocycles. The van der Waals surface area contributed by atoms with Crippen molar-refractivity contribution in [3.05, 3.63) is 101 Å². The van der Waals surface area contributed by atoms with Gasteiger partial charge in [0.25, 0.3) is 5.91 Å². The molecule has 6 rings (SSSR count). The van der Waals surface area contributed by atoms with E-state index in [4.69, 9.17) is 21.3 Å². The van der Waals surface area contributed by atoms with E-state index in [1.807, 2.05) is 30.3 Å². The SMILES string of the molecule is CCC(=O)c1ccc2nc3ccccc3cc2c1C(=O)Nc1cc2c(Nc3ccc(F)c(Cl)c3)ncnc2cc1OC. The van der Waals surface area contributed by atoms with Crippen LogP contribution in [0.2, 0.25) is 5.02 Å². The first kappa shape index (κ1) is 27.0. The third-order valence-corrected chi connectivity index (χ3v) is 7.23. The molecule has 0 spiro atoms. The number of fused-ring (bicyclic) bond motifs is 3. The van der Waals surface area contributed by atoms with E-state index in [1.54, 1.807) is 31.2 Å². The van der Waals surface area contributed by atoms with Crippen molar-refractivity contribution in [3.63, 3.8) is 0 Å². The molecule has 0 atom stereocenters. The summed E-state index contributed by atoms with van der Waals surface area (Å²) in [4.78, 5) is 40.4. The molecular weight excluding hydrogens is 557 g/mol. The summed E-state index contributed by atoms with van der Waals surface area (Å²) in [5.74, 6) is -0.439. The van der Waals surface area contributed by atoms with Gasteiger partial charge in [-0.2, -0.15) is 0 Å². The zero-order valence-corrected chi connectivity index (χ0v) is 23.3. The molecule has 0 unspecified atom stereocenters. The van der Waals surface area contributed by atoms with Gasteiger partial charge in [-0.25, -0.2) is 19.3 Å². The number of ketones is 1. The number of carbonyl (C=O) groups is 2. The van der Waals surface area contributed by atoms with Gasteiger partial charge in [-0.1, -0.05) is 36.7 Å². The van der Waals surface area contributed by atoms with Crippen molar-refractivity contribution < 1.29 is 18.7 Å². The van der Waals surface area contributed by atoms with Crippen molar-refractivity contribution >= 4 is 73.2 Å². The molecule has 0 aliphatic carbocycles. The van der Waals surface area contributed by atoms with E-state index in [2.05, 4.69) is 20.6 Å². The van der Waals surface area contributed by atoms with Crippen LogP contribution in [0, 0.1) is 5.82 Å². The summed E-state index contributed by atoms with van der Waals surface area (Å²) < 4.78 is 19.3. The molecule has 2 heterocycles. The van der Waals surface area contributed by atoms with Crippen molar-refractivity contribution in [1.82, 2.24) is 15.0 Å². The second-order valence-electron chi connectivity index (χ2n) is 9.51. The van der Waals surface area contributed by atoms with Crippen LogP contribution in [0.15, 0.2) is 79.1 Å². The molecule has 4 aromatic carbocycles. The fourth-order valence-electron chi connectivity index (χ4n) is 4.86. The molecule has 0 saturated carbocycles. The highest BCUT2D eigenvalue weighted by Crippen LogP contribution is 2.35. The summed E-state index contributed by atoms with van der Waals surface area (Å²) in [5, 5.41) is 7.99. The lowest BCUT2D eigenvalue weighted by atomic mass is 9.95. The van der Waals surface area contributed by atoms with Crippen molar-refractivity contribution in [3.8, 4) is 5.75 Å². The Morgan fingerprint density at radius 3 is 2.55 bits per heavy atom. The van der Waals surface area contributed by atoms with Gasteiger partial charge in [-0.3, -0.25) is 9.59 Å². The number of para-hydroxylation sites is 1. The van der Waals surface area contributed by atoms with Crippen molar-refractivity contribution in [2.75, 3.05) is 17.7 Å². The number of carbonyl (C=O) groups excluding carboxylic acids is 2. The van der Waals surface area contributed by atoms with Crippen molar-refractivity contribution in [2.24, 2.45) is 0 Å². The highest BCUT2D eigenvalue weighted by atomic mass is 35.5. The van der Waals surface area contributed by atoms with Crippen LogP contribution >= 0.6 is 11.6 Å². The molecule has 0 fully saturated rings. The Morgan fingerprint density at radius 2 is 1.76 bits per heavy atom. The quantitative estimate of drug-likeness (QED) is 0.147. The normalized spacial score (nSPS) is 11.1. The zero-order valence-electron chi connectivity index (χ0n) is 22.5. The number of nitrogens with zero attached hydrogens (tertiary/aromatic N) is 3. The molecule has 0 aliphatic rings. The third kappa shape index (κ3) is 4.95. The number of rotatable bonds is 7. The summed E-state index contributed by atoms with van der Waals surface area (Å²) in [7, 11) is 1.48. The number of Topliss-reactive ketones (excluding diaryl/α,β-unsaturated/α-hetero) is 1. The van der Waals surface area contributed by atoms with Crippen LogP contribution in [-0.4, -0.2) is 33.8 Å². The number of ether oxygens (including phenoxy) is 1. The van der Waals surface area contributed by atoms with Crippen LogP contribution in [0.3, 0.4) is 0 Å². The fourth-order valence-corrected chi connectivity index (χ4v) is 5.04. The highest BCUT2D eigenvalue weighted by molar-refractivity contribution is 6.31. The van der Waals surface area contributed by atoms with E-state index in [9.17, 15) is 14.0 Å². The lowest BCUT2D eigenvalue weighted by Gasteiger charge is -2.16. The molecule has 0 bridgehead atoms. The minimum Gasteiger partial charge on any atom is -0.494 e. The standard InChI is InChI=1S/C32H23ClFN5O3/c1-3-28(40)19-9-11-25-20(12-17-6-4-5-7-24(17)38-25)30(19)32(41)39-27-14-21-26(15-29(27)42-2)35-16-36-31(21)37-18-8-10-23(34)22(33)13-18/h4-16H,3H2,1-2H3,(H,39,41)(H,35,36,37). The molecular formula is C32H23ClFN5O3. The van der Waals surface area contributed by atoms with Crippen LogP contribution in [0.5, 0.6) is 5.75 Å². The molecule has 42 heavy (non-hydrogen) atoms. The first-order valence-electron chi connectivity index (χ1n) is 13.1. The van der Waals surface area contributed by atoms with E-state index < -0.39 is 11.7 Å². The van der Waals surface area contributed by atoms with E-state index in [0.29, 0.717) is 50.3 Å². The minimum absolute atomic E-state index is 0.0391. The summed E-state index contributed by atoms with van der Waals surface area (Å²) in [6.07, 6.45) is 1.61. The van der Waals surface area contributed by atoms with Crippen molar-refractivity contribution in [1.29, 1.82) is 0 Å². The number of aromatic nitrogens is 3. The van der Waals surface area contributed by atoms with Crippen LogP contribution < -0.4 is 15.4 Å². The average molecular weight is 580 g/mol. The first-order chi connectivity index (χ1) is 20.4. The van der Waals surface area contributed by atoms with E-state index in [-0.39, 0.29) is 22.8 Å². The largest absolute Gasteiger partial charge is 0.494 e. The maximum atomic E-state index is 14.0. The van der Waals surface area contributed by atoms with Gasteiger partial charge in [0, 0.05) is 39.9 Å². The number of amides is 1. The summed E-state index contributed by atoms with van der Waals surface area (Å²) in [5.41, 5.74) is 3.30. The second-order valence-corrected chi connectivity index (χ2v) is 9.92. The molecule has 10 heteroatoms. The Hall–Kier alpha value is -5.15. The number of hydrogen-bond donors (Lipinski definition) is 2. The zero-order chi connectivity index (χ0) is 29.4. The lowest BCUT2D eigenvalue weighted by Crippen LogP contribution is -2.18. The Labute approximate surface area is 244 Å². The molecule has 0 saturated heterocycles. The molecule has 1 amide bonds. The fraction of sp³-hybridized carbons (Fsp3) is 0.0938. The number of methoxy groups -OCH3 is 1. The Balaban J connectivity index is 1.46. The van der Waals surface area contributed by atoms with Crippen LogP contribution in [0.25, 0.3) is 32.7 Å². The Bertz CT molecular complexity index is 2050. The predicted molar refractivity (Wildman–Crippen MR) is 163 cm³/mol. The molecule has 8 nitrogen and oxygen atoms in total. The predicted octanol–water partition coefficient (Wildman–Crippen LogP) is 7.72. The number of hydrogen-bond acceptors (Lipinski definition) is 7. The van der Waals surface area contributed by atoms with E-state index >= 15 is 0 Å². The van der Waals surface area contributed by atoms with Crippen LogP contribution in [-0.2, 0) is 0 Å². The van der Waals surface area contributed by atoms with Gasteiger partial charge in [0.05, 0.1) is 39.9 Å². The number of nitrogens with one attached hydrogen (secondary N) is 2. The topological polar surface area (TPSA) is 106 Å². The van der Waals surface area contributed by atoms with Gasteiger partial charge >= 0.3 is 0 Å². The summed E-state index contributed by atoms with van der Waals surface area (Å²) >= 11 is 5.96. The van der Waals surface area contributed by atoms with Crippen LogP contribution in [0.1, 0.15) is 34.1 Å². The average Bonchev–Trinajstić information content (AvgIpc) is 3.00. The van der Waals surface area contributed by atoms with Gasteiger partial charge in [0.1, 0.15) is 23.7 Å². The second kappa shape index (κ2) is 11.0. The molecule has 0 radical (unpaired) electrons. The molecule has 2 N–H and O–H groups in total. The minimum atomic E-state index is -0.540. The Morgan fingerprint density at radius 1 is 0.929 bits per heavy atom. The number of halogens is 2. The third-order valence-electron chi connectivity index (χ3n) is 6.94. The highest BCUT2D eigenvalue weighted by Gasteiger charge is 2.22. The van der Waals surface area contributed by atoms with Crippen LogP contribution in [0.4, 0.5) is 21.6 Å². The number of anilines is 3. The van der Waals surface area contributed by atoms with E-state index in [1.165, 1.54) is 31.6 Å². The number of benzene rings is 4. The maximum absolute atomic E-state index is 14.0. The molecule has 6 aromatic rings. The monoisotopic (exact) mass is 579 g/mol. The van der Waals surface area contributed by atoms with Crippen molar-refractivity contribution in [2.45, 2.75) is 13.3 Å². The van der Waals surface area contributed by atoms with Gasteiger partial charge in [0.2, 0.25) is 0 Å². The van der Waals surface area contributed by atoms with Gasteiger partial charge < -0.3 is 15.4 Å². The molecule has 208 valence electrons. The summed E-state index contributed by atoms with van der Waals surface area (Å²) in [6.45, 7) is 1.75. The van der Waals surface area contributed by atoms with Gasteiger partial charge in [-0.05, 0) is 48.5 Å². The van der Waals surface area contributed by atoms with Gasteiger partial charge in [-0.15, -0.1) is 0 Å². The Kier molecular flexibility index (Phi) is 7.10. The van der Waals surface area contributed by atoms with Gasteiger partial charge in [0.15, 0.2) is 5.78 Å². The molecule has 0 aliphatic heterocycles. The van der Waals surface area contributed by atoms with E-state index in [0.717, 1.165) is 10.9 Å². The first-order valence-corrected chi connectivity index (χ1v) is 13.5. The lowest BCUT2D eigenvalue weighted by molar-refractivity contribution is 0.0969. The maximum Gasteiger partial charge on any atom is 0.257 e. The smallest absolute Gasteiger partial charge is 0.257 e. The summed E-state index contributed by atoms with van der Waals surface area (Å²) in [6, 6.07) is 20.5.